The summed E-state index contributed by atoms with van der Waals surface area (Å²) in [6.45, 7) is 7.62. The van der Waals surface area contributed by atoms with E-state index in [4.69, 9.17) is 10.5 Å². The molecule has 0 aliphatic rings. The number of esters is 1. The zero-order chi connectivity index (χ0) is 13.1. The lowest BCUT2D eigenvalue weighted by Crippen LogP contribution is -2.43. The normalized spacial score (nSPS) is 15.1. The maximum absolute atomic E-state index is 11.8. The van der Waals surface area contributed by atoms with E-state index in [2.05, 4.69) is 0 Å². The van der Waals surface area contributed by atoms with Gasteiger partial charge in [0.15, 0.2) is 0 Å². The molecule has 0 saturated carbocycles. The van der Waals surface area contributed by atoms with Gasteiger partial charge in [0, 0.05) is 0 Å². The topological polar surface area (TPSA) is 52.3 Å². The van der Waals surface area contributed by atoms with Crippen LogP contribution in [0.1, 0.15) is 39.4 Å². The molecule has 0 aromatic heterocycles. The number of hydrogen-bond acceptors (Lipinski definition) is 3. The highest BCUT2D eigenvalue weighted by molar-refractivity contribution is 5.76. The molecule has 0 aliphatic heterocycles. The molecular weight excluding hydrogens is 214 g/mol. The van der Waals surface area contributed by atoms with Gasteiger partial charge in [0.1, 0.15) is 12.1 Å². The molecule has 17 heavy (non-hydrogen) atoms. The van der Waals surface area contributed by atoms with Crippen LogP contribution in [-0.4, -0.2) is 12.0 Å². The van der Waals surface area contributed by atoms with Crippen LogP contribution in [0.4, 0.5) is 0 Å². The Morgan fingerprint density at radius 3 is 2.24 bits per heavy atom. The first kappa shape index (κ1) is 13.7. The summed E-state index contributed by atoms with van der Waals surface area (Å²) in [7, 11) is 0. The number of carbonyl (C=O) groups is 1. The van der Waals surface area contributed by atoms with E-state index in [1.807, 2.05) is 58.0 Å². The third-order valence-electron chi connectivity index (χ3n) is 2.75. The smallest absolute Gasteiger partial charge is 0.324 e. The van der Waals surface area contributed by atoms with Crippen LogP contribution in [0.3, 0.4) is 0 Å². The van der Waals surface area contributed by atoms with Gasteiger partial charge in [-0.25, -0.2) is 0 Å². The Kier molecular flexibility index (Phi) is 4.29. The molecule has 0 amide bonds. The Hall–Kier alpha value is -1.35. The van der Waals surface area contributed by atoms with Crippen molar-refractivity contribution >= 4 is 5.97 Å². The molecular formula is C14H21NO2. The summed E-state index contributed by atoms with van der Waals surface area (Å²) < 4.78 is 5.36. The van der Waals surface area contributed by atoms with E-state index >= 15 is 0 Å². The highest BCUT2D eigenvalue weighted by atomic mass is 16.5. The first-order chi connectivity index (χ1) is 7.82. The summed E-state index contributed by atoms with van der Waals surface area (Å²) >= 11 is 0. The maximum atomic E-state index is 11.8. The predicted molar refractivity (Wildman–Crippen MR) is 68.4 cm³/mol. The Morgan fingerprint density at radius 1 is 1.24 bits per heavy atom. The Labute approximate surface area is 103 Å². The van der Waals surface area contributed by atoms with Gasteiger partial charge in [0.2, 0.25) is 0 Å². The van der Waals surface area contributed by atoms with Crippen LogP contribution in [0.2, 0.25) is 0 Å². The van der Waals surface area contributed by atoms with Crippen molar-refractivity contribution in [3.05, 3.63) is 35.9 Å². The third-order valence-corrected chi connectivity index (χ3v) is 2.75. The lowest BCUT2D eigenvalue weighted by molar-refractivity contribution is -0.152. The average molecular weight is 235 g/mol. The summed E-state index contributed by atoms with van der Waals surface area (Å²) in [4.78, 5) is 11.8. The van der Waals surface area contributed by atoms with E-state index in [0.29, 0.717) is 0 Å². The van der Waals surface area contributed by atoms with Crippen LogP contribution in [0.25, 0.3) is 0 Å². The number of benzene rings is 1. The largest absolute Gasteiger partial charge is 0.457 e. The number of nitrogens with two attached hydrogens (primary N) is 1. The molecule has 0 saturated heterocycles. The molecule has 2 atom stereocenters. The van der Waals surface area contributed by atoms with Gasteiger partial charge in [-0.05, 0) is 17.9 Å². The number of hydrogen-bond donors (Lipinski definition) is 1. The third kappa shape index (κ3) is 3.86. The minimum absolute atomic E-state index is 0.267. The van der Waals surface area contributed by atoms with E-state index in [1.54, 1.807) is 0 Å². The standard InChI is InChI=1S/C14H21NO2/c1-10(11-8-6-5-7-9-11)17-13(16)12(15)14(2,3)4/h5-10,12H,15H2,1-4H3/t10?,12-/m1/s1. The molecule has 0 radical (unpaired) electrons. The molecule has 94 valence electrons. The van der Waals surface area contributed by atoms with Crippen molar-refractivity contribution in [3.63, 3.8) is 0 Å². The summed E-state index contributed by atoms with van der Waals surface area (Å²) in [5.41, 5.74) is 6.54. The zero-order valence-electron chi connectivity index (χ0n) is 10.9. The fourth-order valence-electron chi connectivity index (χ4n) is 1.39. The van der Waals surface area contributed by atoms with Gasteiger partial charge in [-0.2, -0.15) is 0 Å². The molecule has 0 aliphatic carbocycles. The molecule has 0 spiro atoms. The molecule has 3 nitrogen and oxygen atoms in total. The number of carbonyl (C=O) groups excluding carboxylic acids is 1. The molecule has 0 bridgehead atoms. The fourth-order valence-corrected chi connectivity index (χ4v) is 1.39. The van der Waals surface area contributed by atoms with Crippen LogP contribution in [0.15, 0.2) is 30.3 Å². The highest BCUT2D eigenvalue weighted by Gasteiger charge is 2.29. The van der Waals surface area contributed by atoms with Gasteiger partial charge in [0.05, 0.1) is 0 Å². The van der Waals surface area contributed by atoms with Crippen molar-refractivity contribution in [1.29, 1.82) is 0 Å². The van der Waals surface area contributed by atoms with E-state index in [-0.39, 0.29) is 17.5 Å². The molecule has 1 aromatic rings. The average Bonchev–Trinajstić information content (AvgIpc) is 2.27. The fraction of sp³-hybridized carbons (Fsp3) is 0.500. The Balaban J connectivity index is 2.64. The summed E-state index contributed by atoms with van der Waals surface area (Å²) in [5.74, 6) is -0.353. The lowest BCUT2D eigenvalue weighted by Gasteiger charge is -2.26. The van der Waals surface area contributed by atoms with Crippen LogP contribution in [-0.2, 0) is 9.53 Å². The molecule has 0 fully saturated rings. The van der Waals surface area contributed by atoms with Crippen LogP contribution >= 0.6 is 0 Å². The molecule has 1 rings (SSSR count). The zero-order valence-corrected chi connectivity index (χ0v) is 10.9. The van der Waals surface area contributed by atoms with Crippen molar-refractivity contribution in [2.24, 2.45) is 11.1 Å². The van der Waals surface area contributed by atoms with Crippen molar-refractivity contribution in [2.75, 3.05) is 0 Å². The number of rotatable bonds is 3. The maximum Gasteiger partial charge on any atom is 0.324 e. The van der Waals surface area contributed by atoms with Gasteiger partial charge in [-0.3, -0.25) is 4.79 Å². The van der Waals surface area contributed by atoms with Crippen molar-refractivity contribution < 1.29 is 9.53 Å². The molecule has 2 N–H and O–H groups in total. The quantitative estimate of drug-likeness (QED) is 0.819. The summed E-state index contributed by atoms with van der Waals surface area (Å²) in [6, 6.07) is 9.03. The molecule has 0 heterocycles. The van der Waals surface area contributed by atoms with Gasteiger partial charge in [-0.15, -0.1) is 0 Å². The van der Waals surface area contributed by atoms with Crippen LogP contribution in [0, 0.1) is 5.41 Å². The number of ether oxygens (including phenoxy) is 1. The second kappa shape index (κ2) is 5.32. The summed E-state index contributed by atoms with van der Waals surface area (Å²) in [5, 5.41) is 0. The minimum Gasteiger partial charge on any atom is -0.457 e. The molecule has 1 aromatic carbocycles. The van der Waals surface area contributed by atoms with Crippen LogP contribution in [0.5, 0.6) is 0 Å². The van der Waals surface area contributed by atoms with Gasteiger partial charge < -0.3 is 10.5 Å². The SMILES string of the molecule is CC(OC(=O)[C@@H](N)C(C)(C)C)c1ccccc1. The Bertz CT molecular complexity index is 368. The van der Waals surface area contributed by atoms with E-state index in [9.17, 15) is 4.79 Å². The first-order valence-electron chi connectivity index (χ1n) is 5.83. The van der Waals surface area contributed by atoms with Gasteiger partial charge in [0.25, 0.3) is 0 Å². The van der Waals surface area contributed by atoms with Crippen LogP contribution < -0.4 is 5.73 Å². The first-order valence-corrected chi connectivity index (χ1v) is 5.83. The minimum atomic E-state index is -0.603. The van der Waals surface area contributed by atoms with Gasteiger partial charge >= 0.3 is 5.97 Å². The monoisotopic (exact) mass is 235 g/mol. The summed E-state index contributed by atoms with van der Waals surface area (Å²) in [6.07, 6.45) is -0.267. The van der Waals surface area contributed by atoms with Crippen molar-refractivity contribution in [3.8, 4) is 0 Å². The van der Waals surface area contributed by atoms with Crippen molar-refractivity contribution in [1.82, 2.24) is 0 Å². The second-order valence-corrected chi connectivity index (χ2v) is 5.33. The Morgan fingerprint density at radius 2 is 1.76 bits per heavy atom. The van der Waals surface area contributed by atoms with Crippen molar-refractivity contribution in [2.45, 2.75) is 39.8 Å². The molecule has 1 unspecified atom stereocenters. The second-order valence-electron chi connectivity index (χ2n) is 5.33. The highest BCUT2D eigenvalue weighted by Crippen LogP contribution is 2.22. The molecule has 3 heteroatoms. The lowest BCUT2D eigenvalue weighted by atomic mass is 9.87. The van der Waals surface area contributed by atoms with E-state index in [1.165, 1.54) is 0 Å². The van der Waals surface area contributed by atoms with E-state index < -0.39 is 6.04 Å². The van der Waals surface area contributed by atoms with Gasteiger partial charge in [-0.1, -0.05) is 51.1 Å². The van der Waals surface area contributed by atoms with E-state index in [0.717, 1.165) is 5.56 Å². The predicted octanol–water partition coefficient (Wildman–Crippen LogP) is 2.66.